The Kier molecular flexibility index (Phi) is 9.74. The van der Waals surface area contributed by atoms with Crippen molar-refractivity contribution in [3.63, 3.8) is 0 Å². The minimum atomic E-state index is -0.450. The Morgan fingerprint density at radius 2 is 1.28 bits per heavy atom. The number of nitrogens with zero attached hydrogens (tertiary/aromatic N) is 4. The summed E-state index contributed by atoms with van der Waals surface area (Å²) in [6, 6.07) is 3.07. The first kappa shape index (κ1) is 27.5. The number of esters is 2. The van der Waals surface area contributed by atoms with Crippen molar-refractivity contribution in [2.75, 3.05) is 36.2 Å². The molecule has 0 radical (unpaired) electrons. The molecule has 2 aliphatic heterocycles. The van der Waals surface area contributed by atoms with Crippen LogP contribution >= 0.6 is 23.5 Å². The monoisotopic (exact) mass is 542 g/mol. The first-order valence-electron chi connectivity index (χ1n) is 10.6. The van der Waals surface area contributed by atoms with Gasteiger partial charge in [-0.15, -0.1) is 23.5 Å². The third-order valence-electron chi connectivity index (χ3n) is 4.64. The zero-order chi connectivity index (χ0) is 26.2. The lowest BCUT2D eigenvalue weighted by atomic mass is 10.5. The van der Waals surface area contributed by atoms with E-state index in [0.29, 0.717) is 11.5 Å². The second-order valence-electron chi connectivity index (χ2n) is 7.40. The SMILES string of the molecule is CC(=O)OCC1OC(n2ccc(N)nc2=O)CS1.CC(=O)OCC1OC(n2ccc(N)nc2=O)CS1. The van der Waals surface area contributed by atoms with Gasteiger partial charge in [0.1, 0.15) is 48.2 Å². The van der Waals surface area contributed by atoms with Crippen molar-refractivity contribution in [3.05, 3.63) is 45.5 Å². The summed E-state index contributed by atoms with van der Waals surface area (Å²) in [7, 11) is 0. The summed E-state index contributed by atoms with van der Waals surface area (Å²) in [4.78, 5) is 51.8. The first-order valence-corrected chi connectivity index (χ1v) is 12.7. The Morgan fingerprint density at radius 3 is 1.61 bits per heavy atom. The molecular formula is C20H26N6O8S2. The van der Waals surface area contributed by atoms with Crippen LogP contribution in [0, 0.1) is 0 Å². The molecule has 196 valence electrons. The van der Waals surface area contributed by atoms with Crippen LogP contribution in [0.15, 0.2) is 34.1 Å². The largest absolute Gasteiger partial charge is 0.462 e. The number of anilines is 2. The average molecular weight is 543 g/mol. The van der Waals surface area contributed by atoms with Gasteiger partial charge in [-0.25, -0.2) is 9.59 Å². The minimum absolute atomic E-state index is 0.174. The van der Waals surface area contributed by atoms with Gasteiger partial charge in [0.15, 0.2) is 0 Å². The highest BCUT2D eigenvalue weighted by Crippen LogP contribution is 2.31. The maximum absolute atomic E-state index is 11.6. The van der Waals surface area contributed by atoms with Gasteiger partial charge in [0.2, 0.25) is 0 Å². The molecule has 0 aromatic carbocycles. The van der Waals surface area contributed by atoms with E-state index in [2.05, 4.69) is 9.97 Å². The summed E-state index contributed by atoms with van der Waals surface area (Å²) in [6.45, 7) is 3.03. The van der Waals surface area contributed by atoms with E-state index < -0.39 is 23.8 Å². The van der Waals surface area contributed by atoms with Crippen LogP contribution in [0.4, 0.5) is 11.6 Å². The second kappa shape index (κ2) is 12.8. The normalized spacial score (nSPS) is 22.9. The van der Waals surface area contributed by atoms with Crippen molar-refractivity contribution < 1.29 is 28.5 Å². The summed E-state index contributed by atoms with van der Waals surface area (Å²) in [5.74, 6) is 0.842. The minimum Gasteiger partial charge on any atom is -0.462 e. The molecule has 0 amide bonds. The fourth-order valence-corrected chi connectivity index (χ4v) is 4.99. The average Bonchev–Trinajstić information content (AvgIpc) is 3.47. The summed E-state index contributed by atoms with van der Waals surface area (Å²) < 4.78 is 23.6. The van der Waals surface area contributed by atoms with Crippen LogP contribution in [0.2, 0.25) is 0 Å². The standard InChI is InChI=1S/2C10H13N3O4S/c2*1-6(14)16-4-9-17-8(5-18-9)13-3-2-7(11)12-10(13)15/h2*2-3,8-9H,4-5H2,1H3,(H2,11,12,15). The highest BCUT2D eigenvalue weighted by Gasteiger charge is 2.29. The fourth-order valence-electron chi connectivity index (χ4n) is 3.01. The molecule has 4 atom stereocenters. The maximum atomic E-state index is 11.6. The van der Waals surface area contributed by atoms with Crippen LogP contribution in [-0.2, 0) is 28.5 Å². The van der Waals surface area contributed by atoms with E-state index in [4.69, 9.17) is 30.4 Å². The molecule has 4 rings (SSSR count). The molecule has 4 heterocycles. The number of hydrogen-bond acceptors (Lipinski definition) is 14. The van der Waals surface area contributed by atoms with Gasteiger partial charge in [0, 0.05) is 37.7 Å². The molecule has 2 aromatic rings. The number of rotatable bonds is 6. The number of carbonyl (C=O) groups excluding carboxylic acids is 2. The van der Waals surface area contributed by atoms with Crippen LogP contribution in [-0.4, -0.2) is 66.6 Å². The second-order valence-corrected chi connectivity index (χ2v) is 9.78. The molecule has 2 saturated heterocycles. The number of carbonyl (C=O) groups is 2. The summed E-state index contributed by atoms with van der Waals surface area (Å²) in [6.07, 6.45) is 2.28. The molecule has 2 fully saturated rings. The van der Waals surface area contributed by atoms with E-state index in [0.717, 1.165) is 0 Å². The van der Waals surface area contributed by atoms with Crippen LogP contribution in [0.25, 0.3) is 0 Å². The number of ether oxygens (including phenoxy) is 4. The number of nitrogens with two attached hydrogens (primary N) is 2. The molecule has 36 heavy (non-hydrogen) atoms. The van der Waals surface area contributed by atoms with Gasteiger partial charge in [-0.3, -0.25) is 18.7 Å². The van der Waals surface area contributed by atoms with Crippen molar-refractivity contribution in [1.29, 1.82) is 0 Å². The number of thioether (sulfide) groups is 2. The third kappa shape index (κ3) is 7.97. The van der Waals surface area contributed by atoms with Crippen molar-refractivity contribution >= 4 is 47.1 Å². The summed E-state index contributed by atoms with van der Waals surface area (Å²) >= 11 is 2.96. The van der Waals surface area contributed by atoms with Gasteiger partial charge in [-0.2, -0.15) is 9.97 Å². The van der Waals surface area contributed by atoms with E-state index in [1.54, 1.807) is 12.4 Å². The Bertz CT molecular complexity index is 1100. The zero-order valence-corrected chi connectivity index (χ0v) is 21.1. The molecule has 0 saturated carbocycles. The van der Waals surface area contributed by atoms with Gasteiger partial charge in [0.05, 0.1) is 0 Å². The zero-order valence-electron chi connectivity index (χ0n) is 19.5. The van der Waals surface area contributed by atoms with Crippen molar-refractivity contribution in [2.45, 2.75) is 37.2 Å². The van der Waals surface area contributed by atoms with Crippen molar-refractivity contribution in [3.8, 4) is 0 Å². The number of aromatic nitrogens is 4. The molecule has 2 aliphatic rings. The maximum Gasteiger partial charge on any atom is 0.351 e. The topological polar surface area (TPSA) is 193 Å². The van der Waals surface area contributed by atoms with Crippen LogP contribution in [0.1, 0.15) is 26.3 Å². The Hall–Kier alpha value is -3.08. The smallest absolute Gasteiger partial charge is 0.351 e. The molecule has 16 heteroatoms. The number of hydrogen-bond donors (Lipinski definition) is 2. The van der Waals surface area contributed by atoms with E-state index in [1.807, 2.05) is 0 Å². The van der Waals surface area contributed by atoms with E-state index in [1.165, 1.54) is 58.6 Å². The molecule has 4 N–H and O–H groups in total. The Morgan fingerprint density at radius 1 is 0.889 bits per heavy atom. The van der Waals surface area contributed by atoms with E-state index in [9.17, 15) is 19.2 Å². The van der Waals surface area contributed by atoms with E-state index in [-0.39, 0.29) is 47.7 Å². The predicted molar refractivity (Wildman–Crippen MR) is 132 cm³/mol. The van der Waals surface area contributed by atoms with Gasteiger partial charge < -0.3 is 30.4 Å². The summed E-state index contributed by atoms with van der Waals surface area (Å²) in [5, 5.41) is 0. The summed E-state index contributed by atoms with van der Waals surface area (Å²) in [5.41, 5.74) is 9.39. The molecular weight excluding hydrogens is 516 g/mol. The van der Waals surface area contributed by atoms with Gasteiger partial charge in [-0.1, -0.05) is 0 Å². The van der Waals surface area contributed by atoms with Crippen LogP contribution < -0.4 is 22.8 Å². The van der Waals surface area contributed by atoms with Crippen molar-refractivity contribution in [1.82, 2.24) is 19.1 Å². The third-order valence-corrected chi connectivity index (χ3v) is 6.83. The molecule has 14 nitrogen and oxygen atoms in total. The quantitative estimate of drug-likeness (QED) is 0.461. The Balaban J connectivity index is 0.000000201. The lowest BCUT2D eigenvalue weighted by molar-refractivity contribution is -0.145. The lowest BCUT2D eigenvalue weighted by Gasteiger charge is -2.14. The molecule has 0 bridgehead atoms. The number of nitrogen functional groups attached to an aromatic ring is 2. The van der Waals surface area contributed by atoms with E-state index >= 15 is 0 Å². The van der Waals surface area contributed by atoms with Gasteiger partial charge >= 0.3 is 23.3 Å². The highest BCUT2D eigenvalue weighted by molar-refractivity contribution is 8.00. The molecule has 0 aliphatic carbocycles. The highest BCUT2D eigenvalue weighted by atomic mass is 32.2. The van der Waals surface area contributed by atoms with Crippen molar-refractivity contribution in [2.24, 2.45) is 0 Å². The van der Waals surface area contributed by atoms with Gasteiger partial charge in [-0.05, 0) is 12.1 Å². The molecule has 4 unspecified atom stereocenters. The predicted octanol–water partition coefficient (Wildman–Crippen LogP) is -0.0466. The van der Waals surface area contributed by atoms with Gasteiger partial charge in [0.25, 0.3) is 0 Å². The van der Waals surface area contributed by atoms with Crippen LogP contribution in [0.5, 0.6) is 0 Å². The van der Waals surface area contributed by atoms with Crippen LogP contribution in [0.3, 0.4) is 0 Å². The fraction of sp³-hybridized carbons (Fsp3) is 0.500. The first-order chi connectivity index (χ1) is 17.1. The Labute approximate surface area is 213 Å². The molecule has 2 aromatic heterocycles. The lowest BCUT2D eigenvalue weighted by Crippen LogP contribution is -2.28. The molecule has 0 spiro atoms.